The minimum Gasteiger partial charge on any atom is -0.311 e. The first-order chi connectivity index (χ1) is 8.72. The lowest BCUT2D eigenvalue weighted by atomic mass is 9.82. The molecule has 1 heterocycles. The fourth-order valence-electron chi connectivity index (χ4n) is 4.15. The molecule has 0 bridgehead atoms. The topological polar surface area (TPSA) is 15.3 Å². The van der Waals surface area contributed by atoms with Crippen molar-refractivity contribution in [2.45, 2.75) is 76.4 Å². The van der Waals surface area contributed by atoms with Gasteiger partial charge in [-0.2, -0.15) is 0 Å². The minimum absolute atomic E-state index is 0.763. The summed E-state index contributed by atoms with van der Waals surface area (Å²) in [5.74, 6) is 2.19. The third-order valence-electron chi connectivity index (χ3n) is 5.68. The molecule has 1 saturated heterocycles. The third kappa shape index (κ3) is 3.08. The van der Waals surface area contributed by atoms with Crippen LogP contribution in [0, 0.1) is 11.8 Å². The fourth-order valence-corrected chi connectivity index (χ4v) is 4.15. The summed E-state index contributed by atoms with van der Waals surface area (Å²) in [6.07, 6.45) is 11.7. The minimum atomic E-state index is 0.763. The van der Waals surface area contributed by atoms with E-state index in [4.69, 9.17) is 0 Å². The second-order valence-electron chi connectivity index (χ2n) is 7.18. The van der Waals surface area contributed by atoms with Gasteiger partial charge in [0.25, 0.3) is 0 Å². The van der Waals surface area contributed by atoms with Crippen LogP contribution >= 0.6 is 0 Å². The van der Waals surface area contributed by atoms with Gasteiger partial charge in [0, 0.05) is 18.1 Å². The summed E-state index contributed by atoms with van der Waals surface area (Å²) in [6, 6.07) is 2.39. The highest BCUT2D eigenvalue weighted by Gasteiger charge is 2.35. The van der Waals surface area contributed by atoms with Crippen molar-refractivity contribution in [2.75, 3.05) is 13.6 Å². The molecule has 0 spiro atoms. The van der Waals surface area contributed by atoms with Crippen LogP contribution in [0.5, 0.6) is 0 Å². The largest absolute Gasteiger partial charge is 0.311 e. The molecule has 18 heavy (non-hydrogen) atoms. The van der Waals surface area contributed by atoms with Crippen molar-refractivity contribution in [1.82, 2.24) is 10.2 Å². The highest BCUT2D eigenvalue weighted by atomic mass is 15.1. The van der Waals surface area contributed by atoms with Gasteiger partial charge in [0.1, 0.15) is 0 Å². The Balaban J connectivity index is 1.46. The first kappa shape index (κ1) is 12.9. The van der Waals surface area contributed by atoms with Crippen LogP contribution in [-0.2, 0) is 0 Å². The molecule has 0 aromatic carbocycles. The average Bonchev–Trinajstić information content (AvgIpc) is 3.18. The van der Waals surface area contributed by atoms with E-state index in [1.165, 1.54) is 57.9 Å². The Morgan fingerprint density at radius 2 is 1.67 bits per heavy atom. The maximum Gasteiger partial charge on any atom is 0.00966 e. The highest BCUT2D eigenvalue weighted by Crippen LogP contribution is 2.44. The van der Waals surface area contributed by atoms with E-state index >= 15 is 0 Å². The molecule has 0 radical (unpaired) electrons. The molecule has 104 valence electrons. The molecule has 3 aliphatic rings. The van der Waals surface area contributed by atoms with Crippen LogP contribution < -0.4 is 5.32 Å². The first-order valence-electron chi connectivity index (χ1n) is 8.18. The van der Waals surface area contributed by atoms with Crippen molar-refractivity contribution < 1.29 is 0 Å². The van der Waals surface area contributed by atoms with E-state index in [0.29, 0.717) is 0 Å². The quantitative estimate of drug-likeness (QED) is 0.828. The van der Waals surface area contributed by atoms with Crippen LogP contribution in [0.15, 0.2) is 0 Å². The molecule has 3 fully saturated rings. The summed E-state index contributed by atoms with van der Waals surface area (Å²) in [5.41, 5.74) is 0. The molecule has 3 rings (SSSR count). The maximum absolute atomic E-state index is 3.99. The van der Waals surface area contributed by atoms with E-state index in [-0.39, 0.29) is 0 Å². The number of nitrogens with one attached hydrogen (secondary N) is 1. The molecule has 2 nitrogen and oxygen atoms in total. The van der Waals surface area contributed by atoms with Gasteiger partial charge in [-0.05, 0) is 70.9 Å². The van der Waals surface area contributed by atoms with E-state index in [1.54, 1.807) is 0 Å². The van der Waals surface area contributed by atoms with Gasteiger partial charge in [-0.25, -0.2) is 0 Å². The molecule has 0 aromatic rings. The van der Waals surface area contributed by atoms with E-state index in [1.807, 2.05) is 0 Å². The van der Waals surface area contributed by atoms with E-state index in [9.17, 15) is 0 Å². The van der Waals surface area contributed by atoms with Crippen molar-refractivity contribution in [3.05, 3.63) is 0 Å². The highest BCUT2D eigenvalue weighted by molar-refractivity contribution is 4.90. The number of hydrogen-bond acceptors (Lipinski definition) is 2. The molecule has 2 saturated carbocycles. The number of hydrogen-bond donors (Lipinski definition) is 1. The third-order valence-corrected chi connectivity index (χ3v) is 5.68. The summed E-state index contributed by atoms with van der Waals surface area (Å²) in [4.78, 5) is 2.51. The second kappa shape index (κ2) is 5.50. The number of likely N-dealkylation sites (tertiary alicyclic amines) is 1. The zero-order chi connectivity index (χ0) is 12.5. The normalized spacial score (nSPS) is 43.0. The zero-order valence-corrected chi connectivity index (χ0v) is 12.2. The standard InChI is InChI=1S/C16H30N2/c1-12-10-16(8-9-18(12)2)17-15-5-3-4-14(11-15)13-6-7-13/h12-17H,3-11H2,1-2H3. The summed E-state index contributed by atoms with van der Waals surface area (Å²) in [5, 5.41) is 3.99. The Hall–Kier alpha value is -0.0800. The summed E-state index contributed by atoms with van der Waals surface area (Å²) >= 11 is 0. The predicted octanol–water partition coefficient (Wildman–Crippen LogP) is 3.03. The van der Waals surface area contributed by atoms with Gasteiger partial charge in [-0.15, -0.1) is 0 Å². The van der Waals surface area contributed by atoms with Crippen LogP contribution in [0.3, 0.4) is 0 Å². The van der Waals surface area contributed by atoms with Gasteiger partial charge < -0.3 is 10.2 Å². The van der Waals surface area contributed by atoms with Crippen LogP contribution in [0.1, 0.15) is 58.3 Å². The Bertz CT molecular complexity index is 274. The van der Waals surface area contributed by atoms with Crippen LogP contribution in [-0.4, -0.2) is 36.6 Å². The Labute approximate surface area is 113 Å². The molecule has 1 N–H and O–H groups in total. The van der Waals surface area contributed by atoms with Crippen molar-refractivity contribution in [1.29, 1.82) is 0 Å². The van der Waals surface area contributed by atoms with Crippen LogP contribution in [0.2, 0.25) is 0 Å². The molecule has 0 aromatic heterocycles. The first-order valence-corrected chi connectivity index (χ1v) is 8.18. The monoisotopic (exact) mass is 250 g/mol. The molecule has 1 aliphatic heterocycles. The summed E-state index contributed by atoms with van der Waals surface area (Å²) in [7, 11) is 2.27. The van der Waals surface area contributed by atoms with Crippen molar-refractivity contribution >= 4 is 0 Å². The molecular formula is C16H30N2. The lowest BCUT2D eigenvalue weighted by Crippen LogP contribution is -2.49. The summed E-state index contributed by atoms with van der Waals surface area (Å²) in [6.45, 7) is 3.65. The number of nitrogens with zero attached hydrogens (tertiary/aromatic N) is 1. The van der Waals surface area contributed by atoms with Crippen molar-refractivity contribution in [3.8, 4) is 0 Å². The van der Waals surface area contributed by atoms with E-state index < -0.39 is 0 Å². The molecule has 2 heteroatoms. The molecule has 4 atom stereocenters. The van der Waals surface area contributed by atoms with Gasteiger partial charge >= 0.3 is 0 Å². The van der Waals surface area contributed by atoms with E-state index in [2.05, 4.69) is 24.2 Å². The number of rotatable bonds is 3. The van der Waals surface area contributed by atoms with Crippen molar-refractivity contribution in [3.63, 3.8) is 0 Å². The Morgan fingerprint density at radius 3 is 2.39 bits per heavy atom. The van der Waals surface area contributed by atoms with E-state index in [0.717, 1.165) is 30.0 Å². The fraction of sp³-hybridized carbons (Fsp3) is 1.00. The zero-order valence-electron chi connectivity index (χ0n) is 12.2. The van der Waals surface area contributed by atoms with Gasteiger partial charge in [0.2, 0.25) is 0 Å². The molecule has 2 aliphatic carbocycles. The van der Waals surface area contributed by atoms with Gasteiger partial charge in [0.05, 0.1) is 0 Å². The Kier molecular flexibility index (Phi) is 3.95. The van der Waals surface area contributed by atoms with Crippen LogP contribution in [0.4, 0.5) is 0 Å². The van der Waals surface area contributed by atoms with Crippen molar-refractivity contribution in [2.24, 2.45) is 11.8 Å². The van der Waals surface area contributed by atoms with Gasteiger partial charge in [0.15, 0.2) is 0 Å². The maximum atomic E-state index is 3.99. The lowest BCUT2D eigenvalue weighted by molar-refractivity contribution is 0.149. The lowest BCUT2D eigenvalue weighted by Gasteiger charge is -2.39. The van der Waals surface area contributed by atoms with Gasteiger partial charge in [-0.3, -0.25) is 0 Å². The second-order valence-corrected chi connectivity index (χ2v) is 7.18. The van der Waals surface area contributed by atoms with Crippen LogP contribution in [0.25, 0.3) is 0 Å². The SMILES string of the molecule is CC1CC(NC2CCCC(C3CC3)C2)CCN1C. The molecule has 0 amide bonds. The van der Waals surface area contributed by atoms with Gasteiger partial charge in [-0.1, -0.05) is 12.8 Å². The average molecular weight is 250 g/mol. The molecular weight excluding hydrogens is 220 g/mol. The molecule has 4 unspecified atom stereocenters. The smallest absolute Gasteiger partial charge is 0.00966 e. The Morgan fingerprint density at radius 1 is 0.889 bits per heavy atom. The summed E-state index contributed by atoms with van der Waals surface area (Å²) < 4.78 is 0. The predicted molar refractivity (Wildman–Crippen MR) is 76.7 cm³/mol. The number of piperidine rings is 1.